The molecule has 0 spiro atoms. The topological polar surface area (TPSA) is 106 Å². The molecule has 1 aliphatic rings. The predicted molar refractivity (Wildman–Crippen MR) is 130 cm³/mol. The molecule has 0 radical (unpaired) electrons. The Kier molecular flexibility index (Phi) is 5.92. The van der Waals surface area contributed by atoms with Crippen molar-refractivity contribution >= 4 is 22.8 Å². The Morgan fingerprint density at radius 1 is 1.17 bits per heavy atom. The summed E-state index contributed by atoms with van der Waals surface area (Å²) in [6, 6.07) is 7.19. The maximum atomic E-state index is 13.5. The van der Waals surface area contributed by atoms with Gasteiger partial charge < -0.3 is 19.1 Å². The van der Waals surface area contributed by atoms with Gasteiger partial charge in [-0.2, -0.15) is 5.10 Å². The number of fused-ring (bicyclic) bond motifs is 1. The first-order valence-electron chi connectivity index (χ1n) is 11.9. The van der Waals surface area contributed by atoms with Crippen molar-refractivity contribution < 1.29 is 18.4 Å². The van der Waals surface area contributed by atoms with Crippen LogP contribution in [0.4, 0.5) is 0 Å². The van der Waals surface area contributed by atoms with Crippen LogP contribution >= 0.6 is 0 Å². The van der Waals surface area contributed by atoms with E-state index in [9.17, 15) is 9.59 Å². The standard InChI is InChI=1S/C26H29N5O4/c1-15(2)31-24-21(14-27-31)20(13-22(29-24)19-12-16(3)35-17(19)4)25(32)28-18-7-9-30(10-8-18)26(33)23-6-5-11-34-23/h5-6,11-15,18H,7-10H2,1-4H3,(H,28,32). The molecule has 2 amide bonds. The summed E-state index contributed by atoms with van der Waals surface area (Å²) < 4.78 is 12.8. The van der Waals surface area contributed by atoms with Gasteiger partial charge in [0.05, 0.1) is 29.1 Å². The SMILES string of the molecule is Cc1cc(-c2cc(C(=O)NC3CCN(C(=O)c4ccco4)CC3)c3cnn(C(C)C)c3n2)c(C)o1. The molecular weight excluding hydrogens is 446 g/mol. The zero-order valence-corrected chi connectivity index (χ0v) is 20.4. The molecule has 1 fully saturated rings. The molecule has 4 aromatic rings. The van der Waals surface area contributed by atoms with Gasteiger partial charge in [0.2, 0.25) is 0 Å². The van der Waals surface area contributed by atoms with E-state index in [1.54, 1.807) is 23.2 Å². The normalized spacial score (nSPS) is 14.7. The lowest BCUT2D eigenvalue weighted by atomic mass is 10.0. The van der Waals surface area contributed by atoms with E-state index in [2.05, 4.69) is 10.4 Å². The summed E-state index contributed by atoms with van der Waals surface area (Å²) in [4.78, 5) is 32.6. The van der Waals surface area contributed by atoms with Crippen LogP contribution in [0.15, 0.2) is 45.6 Å². The summed E-state index contributed by atoms with van der Waals surface area (Å²) in [6.45, 7) is 8.97. The first-order valence-corrected chi connectivity index (χ1v) is 11.9. The number of amides is 2. The third-order valence-electron chi connectivity index (χ3n) is 6.47. The van der Waals surface area contributed by atoms with E-state index in [1.807, 2.05) is 44.5 Å². The number of piperidine rings is 1. The van der Waals surface area contributed by atoms with Crippen LogP contribution in [0.25, 0.3) is 22.3 Å². The lowest BCUT2D eigenvalue weighted by Crippen LogP contribution is -2.46. The summed E-state index contributed by atoms with van der Waals surface area (Å²) in [5, 5.41) is 8.38. The van der Waals surface area contributed by atoms with Crippen molar-refractivity contribution in [2.75, 3.05) is 13.1 Å². The molecule has 1 aliphatic heterocycles. The minimum absolute atomic E-state index is 0.0344. The van der Waals surface area contributed by atoms with Crippen LogP contribution in [0.3, 0.4) is 0 Å². The first kappa shape index (κ1) is 22.9. The number of rotatable bonds is 5. The van der Waals surface area contributed by atoms with Gasteiger partial charge in [0.25, 0.3) is 11.8 Å². The van der Waals surface area contributed by atoms with Gasteiger partial charge in [-0.15, -0.1) is 0 Å². The fourth-order valence-electron chi connectivity index (χ4n) is 4.65. The summed E-state index contributed by atoms with van der Waals surface area (Å²) in [5.41, 5.74) is 2.74. The van der Waals surface area contributed by atoms with Crippen LogP contribution in [0.5, 0.6) is 0 Å². The largest absolute Gasteiger partial charge is 0.466 e. The van der Waals surface area contributed by atoms with Gasteiger partial charge >= 0.3 is 0 Å². The van der Waals surface area contributed by atoms with E-state index in [0.29, 0.717) is 54.0 Å². The second kappa shape index (κ2) is 9.05. The summed E-state index contributed by atoms with van der Waals surface area (Å²) >= 11 is 0. The fourth-order valence-corrected chi connectivity index (χ4v) is 4.65. The molecular formula is C26H29N5O4. The number of furan rings is 2. The molecule has 0 atom stereocenters. The number of likely N-dealkylation sites (tertiary alicyclic amines) is 1. The molecule has 0 bridgehead atoms. The van der Waals surface area contributed by atoms with E-state index >= 15 is 0 Å². The number of nitrogens with one attached hydrogen (secondary N) is 1. The highest BCUT2D eigenvalue weighted by Crippen LogP contribution is 2.30. The lowest BCUT2D eigenvalue weighted by Gasteiger charge is -2.32. The third-order valence-corrected chi connectivity index (χ3v) is 6.47. The molecule has 0 aliphatic carbocycles. The smallest absolute Gasteiger partial charge is 0.289 e. The van der Waals surface area contributed by atoms with Crippen LogP contribution in [0.1, 0.15) is 65.2 Å². The minimum Gasteiger partial charge on any atom is -0.466 e. The average molecular weight is 476 g/mol. The van der Waals surface area contributed by atoms with Gasteiger partial charge in [-0.1, -0.05) is 0 Å². The summed E-state index contributed by atoms with van der Waals surface area (Å²) in [7, 11) is 0. The Morgan fingerprint density at radius 3 is 2.57 bits per heavy atom. The van der Waals surface area contributed by atoms with Gasteiger partial charge in [-0.05, 0) is 64.8 Å². The highest BCUT2D eigenvalue weighted by Gasteiger charge is 2.27. The Hall–Kier alpha value is -3.88. The van der Waals surface area contributed by atoms with Gasteiger partial charge in [-0.25, -0.2) is 9.67 Å². The molecule has 5 rings (SSSR count). The summed E-state index contributed by atoms with van der Waals surface area (Å²) in [5.74, 6) is 1.59. The van der Waals surface area contributed by atoms with Crippen molar-refractivity contribution in [1.29, 1.82) is 0 Å². The Labute approximate surface area is 203 Å². The second-order valence-electron chi connectivity index (χ2n) is 9.32. The zero-order valence-electron chi connectivity index (χ0n) is 20.4. The highest BCUT2D eigenvalue weighted by atomic mass is 16.3. The van der Waals surface area contributed by atoms with Gasteiger partial charge in [0, 0.05) is 30.7 Å². The number of carbonyl (C=O) groups excluding carboxylic acids is 2. The highest BCUT2D eigenvalue weighted by molar-refractivity contribution is 6.06. The van der Waals surface area contributed by atoms with E-state index in [-0.39, 0.29) is 23.9 Å². The van der Waals surface area contributed by atoms with Crippen LogP contribution in [0, 0.1) is 13.8 Å². The number of aryl methyl sites for hydroxylation is 2. The van der Waals surface area contributed by atoms with Crippen molar-refractivity contribution in [3.63, 3.8) is 0 Å². The molecule has 0 saturated carbocycles. The predicted octanol–water partition coefficient (Wildman–Crippen LogP) is 4.52. The molecule has 5 heterocycles. The van der Waals surface area contributed by atoms with Gasteiger partial charge in [0.15, 0.2) is 11.4 Å². The number of aromatic nitrogens is 3. The van der Waals surface area contributed by atoms with Crippen LogP contribution in [0.2, 0.25) is 0 Å². The number of hydrogen-bond acceptors (Lipinski definition) is 6. The third kappa shape index (κ3) is 4.34. The molecule has 35 heavy (non-hydrogen) atoms. The van der Waals surface area contributed by atoms with Crippen LogP contribution < -0.4 is 5.32 Å². The van der Waals surface area contributed by atoms with Crippen molar-refractivity contribution in [3.8, 4) is 11.3 Å². The van der Waals surface area contributed by atoms with Gasteiger partial charge in [-0.3, -0.25) is 9.59 Å². The van der Waals surface area contributed by atoms with Crippen LogP contribution in [-0.4, -0.2) is 50.6 Å². The van der Waals surface area contributed by atoms with Gasteiger partial charge in [0.1, 0.15) is 11.5 Å². The van der Waals surface area contributed by atoms with E-state index < -0.39 is 0 Å². The molecule has 9 nitrogen and oxygen atoms in total. The maximum absolute atomic E-state index is 13.5. The minimum atomic E-state index is -0.171. The molecule has 9 heteroatoms. The number of pyridine rings is 1. The maximum Gasteiger partial charge on any atom is 0.289 e. The zero-order chi connectivity index (χ0) is 24.7. The molecule has 1 N–H and O–H groups in total. The van der Waals surface area contributed by atoms with E-state index in [0.717, 1.165) is 17.1 Å². The van der Waals surface area contributed by atoms with E-state index in [4.69, 9.17) is 13.8 Å². The van der Waals surface area contributed by atoms with Crippen LogP contribution in [-0.2, 0) is 0 Å². The molecule has 182 valence electrons. The van der Waals surface area contributed by atoms with Crippen molar-refractivity contribution in [2.45, 2.75) is 52.6 Å². The van der Waals surface area contributed by atoms with Crippen molar-refractivity contribution in [1.82, 2.24) is 25.0 Å². The Bertz CT molecular complexity index is 1370. The molecule has 1 saturated heterocycles. The quantitative estimate of drug-likeness (QED) is 0.455. The van der Waals surface area contributed by atoms with Crippen molar-refractivity contribution in [3.05, 3.63) is 59.6 Å². The monoisotopic (exact) mass is 475 g/mol. The summed E-state index contributed by atoms with van der Waals surface area (Å²) in [6.07, 6.45) is 4.55. The average Bonchev–Trinajstić information content (AvgIpc) is 3.58. The molecule has 0 unspecified atom stereocenters. The number of carbonyl (C=O) groups is 2. The number of hydrogen-bond donors (Lipinski definition) is 1. The number of nitrogens with zero attached hydrogens (tertiary/aromatic N) is 4. The molecule has 0 aromatic carbocycles. The fraction of sp³-hybridized carbons (Fsp3) is 0.385. The first-order chi connectivity index (χ1) is 16.8. The van der Waals surface area contributed by atoms with Crippen molar-refractivity contribution in [2.24, 2.45) is 0 Å². The lowest BCUT2D eigenvalue weighted by molar-refractivity contribution is 0.0667. The Morgan fingerprint density at radius 2 is 1.94 bits per heavy atom. The Balaban J connectivity index is 1.39. The van der Waals surface area contributed by atoms with E-state index in [1.165, 1.54) is 6.26 Å². The second-order valence-corrected chi connectivity index (χ2v) is 9.32. The molecule has 4 aromatic heterocycles.